The summed E-state index contributed by atoms with van der Waals surface area (Å²) in [4.78, 5) is 12.2. The van der Waals surface area contributed by atoms with Crippen molar-refractivity contribution in [3.63, 3.8) is 0 Å². The summed E-state index contributed by atoms with van der Waals surface area (Å²) in [6.07, 6.45) is 0. The molecule has 1 aromatic heterocycles. The molecule has 0 aliphatic rings. The van der Waals surface area contributed by atoms with Gasteiger partial charge in [-0.15, -0.1) is 11.3 Å². The number of carbonyl (C=O) groups excluding carboxylic acids is 1. The average Bonchev–Trinajstić information content (AvgIpc) is 3.08. The lowest BCUT2D eigenvalue weighted by Gasteiger charge is -2.32. The van der Waals surface area contributed by atoms with Crippen LogP contribution in [0.15, 0.2) is 52.1 Å². The van der Waals surface area contributed by atoms with Crippen LogP contribution in [0.25, 0.3) is 0 Å². The Hall–Kier alpha value is -1.70. The minimum atomic E-state index is -3.73. The molecule has 0 bridgehead atoms. The second-order valence-electron chi connectivity index (χ2n) is 5.61. The van der Waals surface area contributed by atoms with Gasteiger partial charge in [0.2, 0.25) is 0 Å². The maximum atomic E-state index is 12.6. The zero-order chi connectivity index (χ0) is 17.1. The fraction of sp³-hybridized carbons (Fsp3) is 0.312. The van der Waals surface area contributed by atoms with E-state index < -0.39 is 27.4 Å². The van der Waals surface area contributed by atoms with E-state index in [0.717, 1.165) is 11.3 Å². The van der Waals surface area contributed by atoms with Gasteiger partial charge in [-0.3, -0.25) is 4.79 Å². The Morgan fingerprint density at radius 2 is 1.83 bits per heavy atom. The summed E-state index contributed by atoms with van der Waals surface area (Å²) in [5.41, 5.74) is -0.372. The van der Waals surface area contributed by atoms with Crippen LogP contribution in [-0.4, -0.2) is 21.5 Å². The molecule has 7 heteroatoms. The number of carbonyl (C=O) groups is 1. The van der Waals surface area contributed by atoms with Crippen molar-refractivity contribution in [3.05, 3.63) is 53.4 Å². The van der Waals surface area contributed by atoms with E-state index in [0.29, 0.717) is 5.56 Å². The Labute approximate surface area is 140 Å². The molecule has 0 saturated heterocycles. The second-order valence-corrected chi connectivity index (χ2v) is 8.50. The molecule has 2 aromatic rings. The molecule has 1 atom stereocenters. The van der Waals surface area contributed by atoms with Crippen molar-refractivity contribution >= 4 is 27.3 Å². The maximum Gasteiger partial charge on any atom is 0.313 e. The smallest absolute Gasteiger partial charge is 0.313 e. The molecule has 1 N–H and O–H groups in total. The van der Waals surface area contributed by atoms with Crippen LogP contribution < -0.4 is 4.72 Å². The van der Waals surface area contributed by atoms with E-state index >= 15 is 0 Å². The number of methoxy groups -OCH3 is 1. The van der Waals surface area contributed by atoms with Crippen LogP contribution in [0.4, 0.5) is 0 Å². The molecular formula is C16H19NO4S2. The summed E-state index contributed by atoms with van der Waals surface area (Å²) in [7, 11) is -2.44. The molecule has 23 heavy (non-hydrogen) atoms. The predicted molar refractivity (Wildman–Crippen MR) is 89.6 cm³/mol. The fourth-order valence-corrected chi connectivity index (χ4v) is 4.67. The van der Waals surface area contributed by atoms with E-state index in [-0.39, 0.29) is 4.21 Å². The summed E-state index contributed by atoms with van der Waals surface area (Å²) in [6.45, 7) is 3.32. The summed E-state index contributed by atoms with van der Waals surface area (Å²) in [6, 6.07) is 11.5. The average molecular weight is 353 g/mol. The topological polar surface area (TPSA) is 72.5 Å². The van der Waals surface area contributed by atoms with E-state index in [1.807, 2.05) is 6.07 Å². The molecule has 0 spiro atoms. The van der Waals surface area contributed by atoms with Gasteiger partial charge in [-0.05, 0) is 30.9 Å². The predicted octanol–water partition coefficient (Wildman–Crippen LogP) is 2.97. The quantitative estimate of drug-likeness (QED) is 0.811. The van der Waals surface area contributed by atoms with Crippen molar-refractivity contribution in [3.8, 4) is 0 Å². The molecule has 0 fully saturated rings. The van der Waals surface area contributed by atoms with Gasteiger partial charge >= 0.3 is 5.97 Å². The lowest BCUT2D eigenvalue weighted by Crippen LogP contribution is -2.42. The second kappa shape index (κ2) is 6.82. The Balaban J connectivity index is 2.45. The van der Waals surface area contributed by atoms with Crippen LogP contribution in [0.1, 0.15) is 25.5 Å². The number of hydrogen-bond donors (Lipinski definition) is 1. The first kappa shape index (κ1) is 17.7. The van der Waals surface area contributed by atoms with E-state index in [2.05, 4.69) is 4.72 Å². The molecule has 0 saturated carbocycles. The van der Waals surface area contributed by atoms with Crippen molar-refractivity contribution in [2.75, 3.05) is 7.11 Å². The van der Waals surface area contributed by atoms with Gasteiger partial charge in [0, 0.05) is 0 Å². The van der Waals surface area contributed by atoms with Crippen LogP contribution >= 0.6 is 11.3 Å². The van der Waals surface area contributed by atoms with Crippen molar-refractivity contribution in [2.45, 2.75) is 24.1 Å². The van der Waals surface area contributed by atoms with Gasteiger partial charge in [0.05, 0.1) is 18.6 Å². The molecule has 0 amide bonds. The minimum absolute atomic E-state index is 0.207. The highest BCUT2D eigenvalue weighted by molar-refractivity contribution is 7.91. The van der Waals surface area contributed by atoms with Gasteiger partial charge in [0.25, 0.3) is 10.0 Å². The number of nitrogens with one attached hydrogen (secondary N) is 1. The van der Waals surface area contributed by atoms with E-state index in [1.54, 1.807) is 49.6 Å². The molecular weight excluding hydrogens is 334 g/mol. The molecule has 5 nitrogen and oxygen atoms in total. The van der Waals surface area contributed by atoms with Gasteiger partial charge in [-0.25, -0.2) is 13.1 Å². The van der Waals surface area contributed by atoms with Crippen LogP contribution in [0.2, 0.25) is 0 Å². The highest BCUT2D eigenvalue weighted by atomic mass is 32.2. The Morgan fingerprint density at radius 1 is 1.17 bits per heavy atom. The van der Waals surface area contributed by atoms with E-state index in [9.17, 15) is 13.2 Å². The lowest BCUT2D eigenvalue weighted by molar-refractivity contribution is -0.152. The van der Waals surface area contributed by atoms with E-state index in [1.165, 1.54) is 13.2 Å². The van der Waals surface area contributed by atoms with Crippen LogP contribution in [0, 0.1) is 5.41 Å². The van der Waals surface area contributed by atoms with Crippen molar-refractivity contribution in [2.24, 2.45) is 5.41 Å². The number of hydrogen-bond acceptors (Lipinski definition) is 5. The van der Waals surface area contributed by atoms with Gasteiger partial charge in [-0.1, -0.05) is 36.4 Å². The number of esters is 1. The third-order valence-electron chi connectivity index (χ3n) is 3.60. The summed E-state index contributed by atoms with van der Waals surface area (Å²) >= 11 is 1.13. The zero-order valence-electron chi connectivity index (χ0n) is 13.1. The van der Waals surface area contributed by atoms with Gasteiger partial charge in [-0.2, -0.15) is 0 Å². The normalized spacial score (nSPS) is 13.5. The third-order valence-corrected chi connectivity index (χ3v) is 6.42. The van der Waals surface area contributed by atoms with Gasteiger partial charge < -0.3 is 4.74 Å². The number of rotatable bonds is 6. The Morgan fingerprint density at radius 3 is 2.35 bits per heavy atom. The minimum Gasteiger partial charge on any atom is -0.469 e. The maximum absolute atomic E-state index is 12.6. The third kappa shape index (κ3) is 3.80. The highest BCUT2D eigenvalue weighted by Crippen LogP contribution is 2.36. The molecule has 0 unspecified atom stereocenters. The number of ether oxygens (including phenoxy) is 1. The molecule has 1 heterocycles. The molecule has 0 radical (unpaired) electrons. The molecule has 2 rings (SSSR count). The van der Waals surface area contributed by atoms with Crippen LogP contribution in [0.5, 0.6) is 0 Å². The van der Waals surface area contributed by atoms with Gasteiger partial charge in [0.15, 0.2) is 0 Å². The molecule has 1 aromatic carbocycles. The number of sulfonamides is 1. The van der Waals surface area contributed by atoms with Gasteiger partial charge in [0.1, 0.15) is 4.21 Å². The van der Waals surface area contributed by atoms with Crippen molar-refractivity contribution < 1.29 is 17.9 Å². The molecule has 0 aliphatic heterocycles. The van der Waals surface area contributed by atoms with Crippen LogP contribution in [0.3, 0.4) is 0 Å². The lowest BCUT2D eigenvalue weighted by atomic mass is 9.81. The number of thiophene rings is 1. The summed E-state index contributed by atoms with van der Waals surface area (Å²) in [5, 5.41) is 1.69. The fourth-order valence-electron chi connectivity index (χ4n) is 2.29. The van der Waals surface area contributed by atoms with Crippen LogP contribution in [-0.2, 0) is 19.6 Å². The standard InChI is InChI=1S/C16H19NO4S2/c1-16(2,15(18)21-3)14(12-8-5-4-6-9-12)17-23(19,20)13-10-7-11-22-13/h4-11,14,17H,1-3H3/t14-/m1/s1. The first-order valence-electron chi connectivity index (χ1n) is 6.98. The van der Waals surface area contributed by atoms with E-state index in [4.69, 9.17) is 4.74 Å². The summed E-state index contributed by atoms with van der Waals surface area (Å²) in [5.74, 6) is -0.486. The first-order valence-corrected chi connectivity index (χ1v) is 9.34. The Bertz CT molecular complexity index is 753. The number of benzene rings is 1. The summed E-state index contributed by atoms with van der Waals surface area (Å²) < 4.78 is 32.9. The highest BCUT2D eigenvalue weighted by Gasteiger charge is 2.41. The monoisotopic (exact) mass is 353 g/mol. The Kier molecular flexibility index (Phi) is 5.23. The van der Waals surface area contributed by atoms with Crippen molar-refractivity contribution in [1.82, 2.24) is 4.72 Å². The van der Waals surface area contributed by atoms with Crippen molar-refractivity contribution in [1.29, 1.82) is 0 Å². The largest absolute Gasteiger partial charge is 0.469 e. The first-order chi connectivity index (χ1) is 10.8. The molecule has 0 aliphatic carbocycles. The SMILES string of the molecule is COC(=O)C(C)(C)[C@H](NS(=O)(=O)c1cccs1)c1ccccc1. The zero-order valence-corrected chi connectivity index (χ0v) is 14.8. The molecule has 124 valence electrons.